The van der Waals surface area contributed by atoms with Crippen LogP contribution in [0.3, 0.4) is 0 Å². The van der Waals surface area contributed by atoms with Crippen molar-refractivity contribution >= 4 is 17.5 Å². The zero-order valence-corrected chi connectivity index (χ0v) is 13.5. The lowest BCUT2D eigenvalue weighted by Crippen LogP contribution is -2.47. The summed E-state index contributed by atoms with van der Waals surface area (Å²) in [7, 11) is 0. The van der Waals surface area contributed by atoms with Gasteiger partial charge in [-0.05, 0) is 30.5 Å². The van der Waals surface area contributed by atoms with Crippen molar-refractivity contribution in [2.45, 2.75) is 43.7 Å². The Kier molecular flexibility index (Phi) is 5.01. The van der Waals surface area contributed by atoms with Gasteiger partial charge in [-0.2, -0.15) is 0 Å². The first kappa shape index (κ1) is 15.8. The third-order valence-electron chi connectivity index (χ3n) is 4.63. The number of morpholine rings is 1. The number of carbonyl (C=O) groups excluding carboxylic acids is 1. The van der Waals surface area contributed by atoms with Crippen LogP contribution in [-0.4, -0.2) is 31.7 Å². The minimum atomic E-state index is -0.260. The fourth-order valence-corrected chi connectivity index (χ4v) is 3.72. The standard InChI is InChI=1S/C17H23ClN2O2/c18-14-5-3-4-13(10-14)17(6-1-2-7-17)20-16(21)11-15-12-19-8-9-22-15/h3-5,10,15,19H,1-2,6-9,11-12H2,(H,20,21)/t15-/m1/s1. The lowest BCUT2D eigenvalue weighted by molar-refractivity contribution is -0.126. The van der Waals surface area contributed by atoms with Crippen molar-refractivity contribution in [1.82, 2.24) is 10.6 Å². The second-order valence-electron chi connectivity index (χ2n) is 6.25. The maximum Gasteiger partial charge on any atom is 0.223 e. The van der Waals surface area contributed by atoms with E-state index in [1.165, 1.54) is 0 Å². The molecular formula is C17H23ClN2O2. The van der Waals surface area contributed by atoms with Crippen LogP contribution in [0.25, 0.3) is 0 Å². The van der Waals surface area contributed by atoms with E-state index in [1.54, 1.807) is 0 Å². The summed E-state index contributed by atoms with van der Waals surface area (Å²) in [5.41, 5.74) is 0.859. The van der Waals surface area contributed by atoms with Crippen molar-refractivity contribution in [2.24, 2.45) is 0 Å². The lowest BCUT2D eigenvalue weighted by atomic mass is 9.88. The number of hydrogen-bond acceptors (Lipinski definition) is 3. The molecule has 2 aliphatic rings. The highest BCUT2D eigenvalue weighted by Crippen LogP contribution is 2.39. The maximum atomic E-state index is 12.5. The van der Waals surface area contributed by atoms with Crippen LogP contribution in [0.4, 0.5) is 0 Å². The fraction of sp³-hybridized carbons (Fsp3) is 0.588. The van der Waals surface area contributed by atoms with Gasteiger partial charge < -0.3 is 15.4 Å². The summed E-state index contributed by atoms with van der Waals surface area (Å²) in [6, 6.07) is 7.87. The van der Waals surface area contributed by atoms with Gasteiger partial charge in [-0.1, -0.05) is 36.6 Å². The SMILES string of the molecule is O=C(C[C@@H]1CNCCO1)NC1(c2cccc(Cl)c2)CCCC1. The number of rotatable bonds is 4. The summed E-state index contributed by atoms with van der Waals surface area (Å²) < 4.78 is 5.63. The van der Waals surface area contributed by atoms with E-state index in [1.807, 2.05) is 18.2 Å². The highest BCUT2D eigenvalue weighted by molar-refractivity contribution is 6.30. The van der Waals surface area contributed by atoms with Crippen LogP contribution in [0.2, 0.25) is 5.02 Å². The van der Waals surface area contributed by atoms with Crippen molar-refractivity contribution in [3.8, 4) is 0 Å². The summed E-state index contributed by atoms with van der Waals surface area (Å²) in [6.45, 7) is 2.29. The maximum absolute atomic E-state index is 12.5. The van der Waals surface area contributed by atoms with E-state index >= 15 is 0 Å². The lowest BCUT2D eigenvalue weighted by Gasteiger charge is -2.32. The van der Waals surface area contributed by atoms with Gasteiger partial charge in [0.1, 0.15) is 0 Å². The minimum Gasteiger partial charge on any atom is -0.375 e. The average Bonchev–Trinajstić information content (AvgIpc) is 2.98. The van der Waals surface area contributed by atoms with Crippen molar-refractivity contribution in [3.63, 3.8) is 0 Å². The molecule has 1 atom stereocenters. The third-order valence-corrected chi connectivity index (χ3v) is 4.87. The molecule has 1 aliphatic heterocycles. The molecular weight excluding hydrogens is 300 g/mol. The first-order chi connectivity index (χ1) is 10.7. The highest BCUT2D eigenvalue weighted by atomic mass is 35.5. The molecule has 1 aliphatic carbocycles. The molecule has 3 rings (SSSR count). The molecule has 0 radical (unpaired) electrons. The Morgan fingerprint density at radius 2 is 2.23 bits per heavy atom. The van der Waals surface area contributed by atoms with Crippen LogP contribution in [0.5, 0.6) is 0 Å². The fourth-order valence-electron chi connectivity index (χ4n) is 3.53. The summed E-state index contributed by atoms with van der Waals surface area (Å²) in [5.74, 6) is 0.0653. The Morgan fingerprint density at radius 1 is 1.41 bits per heavy atom. The van der Waals surface area contributed by atoms with Crippen LogP contribution in [0, 0.1) is 0 Å². The quantitative estimate of drug-likeness (QED) is 0.896. The Hall–Kier alpha value is -1.10. The number of carbonyl (C=O) groups is 1. The molecule has 2 N–H and O–H groups in total. The molecule has 1 amide bonds. The molecule has 120 valence electrons. The van der Waals surface area contributed by atoms with Gasteiger partial charge in [-0.25, -0.2) is 0 Å². The monoisotopic (exact) mass is 322 g/mol. The van der Waals surface area contributed by atoms with Gasteiger partial charge in [0.2, 0.25) is 5.91 Å². The number of hydrogen-bond donors (Lipinski definition) is 2. The molecule has 0 spiro atoms. The van der Waals surface area contributed by atoms with Crippen LogP contribution in [0.15, 0.2) is 24.3 Å². The van der Waals surface area contributed by atoms with Crippen LogP contribution in [-0.2, 0) is 15.1 Å². The van der Waals surface area contributed by atoms with Gasteiger partial charge in [0, 0.05) is 18.1 Å². The minimum absolute atomic E-state index is 0.0217. The second kappa shape index (κ2) is 6.99. The second-order valence-corrected chi connectivity index (χ2v) is 6.69. The van der Waals surface area contributed by atoms with E-state index in [4.69, 9.17) is 16.3 Å². The Balaban J connectivity index is 1.70. The topological polar surface area (TPSA) is 50.4 Å². The normalized spacial score (nSPS) is 24.1. The summed E-state index contributed by atoms with van der Waals surface area (Å²) in [6.07, 6.45) is 4.61. The summed E-state index contributed by atoms with van der Waals surface area (Å²) in [5, 5.41) is 7.26. The smallest absolute Gasteiger partial charge is 0.223 e. The largest absolute Gasteiger partial charge is 0.375 e. The zero-order valence-electron chi connectivity index (χ0n) is 12.7. The van der Waals surface area contributed by atoms with E-state index in [0.717, 1.165) is 49.4 Å². The van der Waals surface area contributed by atoms with Gasteiger partial charge in [0.25, 0.3) is 0 Å². The molecule has 5 heteroatoms. The van der Waals surface area contributed by atoms with Crippen LogP contribution in [0.1, 0.15) is 37.7 Å². The van der Waals surface area contributed by atoms with Gasteiger partial charge in [-0.3, -0.25) is 4.79 Å². The summed E-state index contributed by atoms with van der Waals surface area (Å²) >= 11 is 6.14. The van der Waals surface area contributed by atoms with Gasteiger partial charge in [-0.15, -0.1) is 0 Å². The molecule has 1 saturated heterocycles. The van der Waals surface area contributed by atoms with Gasteiger partial charge in [0.05, 0.1) is 24.7 Å². The molecule has 1 heterocycles. The van der Waals surface area contributed by atoms with E-state index in [2.05, 4.69) is 16.7 Å². The van der Waals surface area contributed by atoms with Crippen molar-refractivity contribution < 1.29 is 9.53 Å². The molecule has 0 unspecified atom stereocenters. The van der Waals surface area contributed by atoms with E-state index in [-0.39, 0.29) is 17.6 Å². The Labute approximate surface area is 136 Å². The molecule has 0 aromatic heterocycles. The van der Waals surface area contributed by atoms with Gasteiger partial charge >= 0.3 is 0 Å². The predicted octanol–water partition coefficient (Wildman–Crippen LogP) is 2.60. The first-order valence-electron chi connectivity index (χ1n) is 8.07. The van der Waals surface area contributed by atoms with E-state index in [9.17, 15) is 4.79 Å². The summed E-state index contributed by atoms with van der Waals surface area (Å²) in [4.78, 5) is 12.5. The van der Waals surface area contributed by atoms with E-state index < -0.39 is 0 Å². The molecule has 0 bridgehead atoms. The number of ether oxygens (including phenoxy) is 1. The Bertz CT molecular complexity index is 523. The third kappa shape index (κ3) is 3.62. The molecule has 1 aromatic carbocycles. The number of amides is 1. The Morgan fingerprint density at radius 3 is 2.91 bits per heavy atom. The number of halogens is 1. The van der Waals surface area contributed by atoms with E-state index in [0.29, 0.717) is 13.0 Å². The van der Waals surface area contributed by atoms with Crippen molar-refractivity contribution in [2.75, 3.05) is 19.7 Å². The molecule has 1 saturated carbocycles. The van der Waals surface area contributed by atoms with Crippen LogP contribution >= 0.6 is 11.6 Å². The highest BCUT2D eigenvalue weighted by Gasteiger charge is 2.37. The average molecular weight is 323 g/mol. The predicted molar refractivity (Wildman–Crippen MR) is 87.0 cm³/mol. The molecule has 4 nitrogen and oxygen atoms in total. The number of benzene rings is 1. The van der Waals surface area contributed by atoms with Crippen molar-refractivity contribution in [1.29, 1.82) is 0 Å². The molecule has 1 aromatic rings. The first-order valence-corrected chi connectivity index (χ1v) is 8.45. The molecule has 2 fully saturated rings. The molecule has 22 heavy (non-hydrogen) atoms. The number of nitrogens with one attached hydrogen (secondary N) is 2. The van der Waals surface area contributed by atoms with Gasteiger partial charge in [0.15, 0.2) is 0 Å². The van der Waals surface area contributed by atoms with Crippen LogP contribution < -0.4 is 10.6 Å². The van der Waals surface area contributed by atoms with Crippen molar-refractivity contribution in [3.05, 3.63) is 34.9 Å². The zero-order chi connectivity index (χ0) is 15.4.